The van der Waals surface area contributed by atoms with Crippen molar-refractivity contribution in [3.63, 3.8) is 0 Å². The summed E-state index contributed by atoms with van der Waals surface area (Å²) in [6.45, 7) is 3.25. The average Bonchev–Trinajstić information content (AvgIpc) is 2.00. The van der Waals surface area contributed by atoms with Crippen LogP contribution < -0.4 is 5.32 Å². The maximum atomic E-state index is 11.8. The van der Waals surface area contributed by atoms with Crippen molar-refractivity contribution in [3.05, 3.63) is 0 Å². The van der Waals surface area contributed by atoms with E-state index in [0.29, 0.717) is 0 Å². The Labute approximate surface area is 97.6 Å². The highest BCUT2D eigenvalue weighted by Gasteiger charge is 2.31. The lowest BCUT2D eigenvalue weighted by Crippen LogP contribution is -2.58. The fraction of sp³-hybridized carbons (Fsp3) is 1.00. The molecule has 15 heavy (non-hydrogen) atoms. The lowest BCUT2D eigenvalue weighted by molar-refractivity contribution is 0.134. The predicted molar refractivity (Wildman–Crippen MR) is 61.9 cm³/mol. The van der Waals surface area contributed by atoms with Crippen LogP contribution in [0.2, 0.25) is 0 Å². The summed E-state index contributed by atoms with van der Waals surface area (Å²) in [5.41, 5.74) is 0. The highest BCUT2D eigenvalue weighted by molar-refractivity contribution is 7.89. The molecule has 0 saturated carbocycles. The number of ether oxygens (including phenoxy) is 1. The second-order valence-corrected chi connectivity index (χ2v) is 5.73. The smallest absolute Gasteiger partial charge is 0.216 e. The van der Waals surface area contributed by atoms with Gasteiger partial charge in [0.2, 0.25) is 10.0 Å². The van der Waals surface area contributed by atoms with E-state index in [1.807, 2.05) is 0 Å². The summed E-state index contributed by atoms with van der Waals surface area (Å²) < 4.78 is 29.9. The van der Waals surface area contributed by atoms with Crippen LogP contribution in [0.15, 0.2) is 0 Å². The van der Waals surface area contributed by atoms with Gasteiger partial charge in [0.05, 0.1) is 11.9 Å². The van der Waals surface area contributed by atoms with Gasteiger partial charge in [-0.2, -0.15) is 4.31 Å². The van der Waals surface area contributed by atoms with Crippen LogP contribution in [0.5, 0.6) is 0 Å². The van der Waals surface area contributed by atoms with Gasteiger partial charge in [0.25, 0.3) is 0 Å². The zero-order chi connectivity index (χ0) is 10.8. The van der Waals surface area contributed by atoms with Gasteiger partial charge in [-0.3, -0.25) is 0 Å². The molecule has 92 valence electrons. The number of hydrogen-bond donors (Lipinski definition) is 1. The SMILES string of the molecule is COC(C)CS(=O)(=O)N(C)C1CNC1.Cl. The van der Waals surface area contributed by atoms with Gasteiger partial charge < -0.3 is 10.1 Å². The van der Waals surface area contributed by atoms with Crippen molar-refractivity contribution < 1.29 is 13.2 Å². The van der Waals surface area contributed by atoms with E-state index in [-0.39, 0.29) is 30.3 Å². The van der Waals surface area contributed by atoms with Crippen molar-refractivity contribution in [3.8, 4) is 0 Å². The van der Waals surface area contributed by atoms with Crippen molar-refractivity contribution in [2.45, 2.75) is 19.1 Å². The summed E-state index contributed by atoms with van der Waals surface area (Å²) in [5.74, 6) is 0.0521. The summed E-state index contributed by atoms with van der Waals surface area (Å²) in [6.07, 6.45) is -0.254. The van der Waals surface area contributed by atoms with Gasteiger partial charge in [0.1, 0.15) is 0 Å². The van der Waals surface area contributed by atoms with Crippen molar-refractivity contribution in [1.29, 1.82) is 0 Å². The first-order chi connectivity index (χ1) is 6.47. The molecule has 1 atom stereocenters. The Morgan fingerprint density at radius 3 is 2.40 bits per heavy atom. The number of hydrogen-bond acceptors (Lipinski definition) is 4. The number of sulfonamides is 1. The summed E-state index contributed by atoms with van der Waals surface area (Å²) in [7, 11) is -0.0162. The maximum Gasteiger partial charge on any atom is 0.216 e. The Bertz CT molecular complexity index is 280. The average molecular weight is 259 g/mol. The topological polar surface area (TPSA) is 58.6 Å². The Morgan fingerprint density at radius 1 is 1.53 bits per heavy atom. The van der Waals surface area contributed by atoms with Gasteiger partial charge in [-0.15, -0.1) is 12.4 Å². The molecule has 1 rings (SSSR count). The van der Waals surface area contributed by atoms with Gasteiger partial charge in [-0.25, -0.2) is 8.42 Å². The minimum Gasteiger partial charge on any atom is -0.381 e. The number of likely N-dealkylation sites (N-methyl/N-ethyl adjacent to an activating group) is 1. The Hall–Kier alpha value is 0.120. The fourth-order valence-electron chi connectivity index (χ4n) is 1.24. The molecule has 1 heterocycles. The highest BCUT2D eigenvalue weighted by atomic mass is 35.5. The molecule has 1 saturated heterocycles. The zero-order valence-corrected chi connectivity index (χ0v) is 10.9. The van der Waals surface area contributed by atoms with Crippen LogP contribution >= 0.6 is 12.4 Å². The summed E-state index contributed by atoms with van der Waals surface area (Å²) >= 11 is 0. The lowest BCUT2D eigenvalue weighted by atomic mass is 10.2. The van der Waals surface area contributed by atoms with E-state index in [2.05, 4.69) is 5.32 Å². The third-order valence-corrected chi connectivity index (χ3v) is 4.63. The molecule has 7 heteroatoms. The lowest BCUT2D eigenvalue weighted by Gasteiger charge is -2.35. The van der Waals surface area contributed by atoms with E-state index in [0.717, 1.165) is 13.1 Å². The molecule has 0 aromatic carbocycles. The maximum absolute atomic E-state index is 11.8. The van der Waals surface area contributed by atoms with Crippen LogP contribution in [0.25, 0.3) is 0 Å². The third-order valence-electron chi connectivity index (χ3n) is 2.56. The normalized spacial score (nSPS) is 19.5. The third kappa shape index (κ3) is 3.88. The summed E-state index contributed by atoms with van der Waals surface area (Å²) in [4.78, 5) is 0. The van der Waals surface area contributed by atoms with Crippen molar-refractivity contribution >= 4 is 22.4 Å². The van der Waals surface area contributed by atoms with Gasteiger partial charge in [0.15, 0.2) is 0 Å². The molecular weight excluding hydrogens is 240 g/mol. The molecule has 0 amide bonds. The molecular formula is C8H19ClN2O3S. The van der Waals surface area contributed by atoms with Crippen LogP contribution in [0, 0.1) is 0 Å². The summed E-state index contributed by atoms with van der Waals surface area (Å²) in [5, 5.41) is 3.04. The standard InChI is InChI=1S/C8H18N2O3S.ClH/c1-7(13-3)6-14(11,12)10(2)8-4-9-5-8;/h7-9H,4-6H2,1-3H3;1H. The first-order valence-corrected chi connectivity index (χ1v) is 6.27. The largest absolute Gasteiger partial charge is 0.381 e. The number of methoxy groups -OCH3 is 1. The zero-order valence-electron chi connectivity index (χ0n) is 9.26. The number of nitrogens with one attached hydrogen (secondary N) is 1. The molecule has 1 unspecified atom stereocenters. The van der Waals surface area contributed by atoms with Gasteiger partial charge in [0, 0.05) is 33.3 Å². The molecule has 0 aliphatic carbocycles. The first kappa shape index (κ1) is 15.1. The number of halogens is 1. The monoisotopic (exact) mass is 258 g/mol. The van der Waals surface area contributed by atoms with Crippen LogP contribution in [0.3, 0.4) is 0 Å². The molecule has 0 radical (unpaired) electrons. The van der Waals surface area contributed by atoms with E-state index in [1.165, 1.54) is 11.4 Å². The van der Waals surface area contributed by atoms with E-state index in [1.54, 1.807) is 14.0 Å². The van der Waals surface area contributed by atoms with Crippen LogP contribution in [0.4, 0.5) is 0 Å². The van der Waals surface area contributed by atoms with Gasteiger partial charge >= 0.3 is 0 Å². The van der Waals surface area contributed by atoms with E-state index >= 15 is 0 Å². The molecule has 1 aliphatic heterocycles. The predicted octanol–water partition coefficient (Wildman–Crippen LogP) is -0.323. The molecule has 0 aromatic heterocycles. The van der Waals surface area contributed by atoms with Crippen molar-refractivity contribution in [2.24, 2.45) is 0 Å². The number of rotatable bonds is 5. The molecule has 1 aliphatic rings. The Balaban J connectivity index is 0.00000196. The minimum atomic E-state index is -3.16. The minimum absolute atomic E-state index is 0. The molecule has 0 bridgehead atoms. The van der Waals surface area contributed by atoms with Gasteiger partial charge in [-0.1, -0.05) is 0 Å². The fourth-order valence-corrected chi connectivity index (χ4v) is 2.81. The van der Waals surface area contributed by atoms with Crippen LogP contribution in [0.1, 0.15) is 6.92 Å². The highest BCUT2D eigenvalue weighted by Crippen LogP contribution is 2.10. The molecule has 1 fully saturated rings. The Morgan fingerprint density at radius 2 is 2.07 bits per heavy atom. The second kappa shape index (κ2) is 6.00. The van der Waals surface area contributed by atoms with Crippen LogP contribution in [-0.2, 0) is 14.8 Å². The number of nitrogens with zero attached hydrogens (tertiary/aromatic N) is 1. The summed E-state index contributed by atoms with van der Waals surface area (Å²) in [6, 6.07) is 0.115. The second-order valence-electron chi connectivity index (χ2n) is 3.65. The molecule has 1 N–H and O–H groups in total. The van der Waals surface area contributed by atoms with E-state index < -0.39 is 10.0 Å². The molecule has 0 spiro atoms. The van der Waals surface area contributed by atoms with E-state index in [9.17, 15) is 8.42 Å². The van der Waals surface area contributed by atoms with Crippen molar-refractivity contribution in [2.75, 3.05) is 33.0 Å². The quantitative estimate of drug-likeness (QED) is 0.734. The van der Waals surface area contributed by atoms with E-state index in [4.69, 9.17) is 4.74 Å². The van der Waals surface area contributed by atoms with Crippen LogP contribution in [-0.4, -0.2) is 57.9 Å². The molecule has 5 nitrogen and oxygen atoms in total. The first-order valence-electron chi connectivity index (χ1n) is 4.66. The molecule has 0 aromatic rings. The van der Waals surface area contributed by atoms with Gasteiger partial charge in [-0.05, 0) is 6.92 Å². The Kier molecular flexibility index (Phi) is 6.05. The van der Waals surface area contributed by atoms with Crippen molar-refractivity contribution in [1.82, 2.24) is 9.62 Å².